The van der Waals surface area contributed by atoms with Gasteiger partial charge in [0.1, 0.15) is 5.69 Å². The standard InChI is InChI=1S/C16H21N3OS/c1-4-17-14-9-15(16(20)18-10-11(2)21-3)19-13-8-6-5-7-12(13)14/h5-9,11H,4,10H2,1-3H3,(H,17,19)(H,18,20). The molecule has 0 aliphatic heterocycles. The summed E-state index contributed by atoms with van der Waals surface area (Å²) in [5, 5.41) is 7.66. The summed E-state index contributed by atoms with van der Waals surface area (Å²) in [6.45, 7) is 5.57. The number of carbonyl (C=O) groups is 1. The summed E-state index contributed by atoms with van der Waals surface area (Å²) in [4.78, 5) is 16.7. The lowest BCUT2D eigenvalue weighted by Gasteiger charge is -2.12. The van der Waals surface area contributed by atoms with Crippen LogP contribution in [0, 0.1) is 0 Å². The quantitative estimate of drug-likeness (QED) is 0.861. The van der Waals surface area contributed by atoms with Crippen LogP contribution in [0.5, 0.6) is 0 Å². The van der Waals surface area contributed by atoms with E-state index in [-0.39, 0.29) is 5.91 Å². The van der Waals surface area contributed by atoms with E-state index in [0.29, 0.717) is 17.5 Å². The Morgan fingerprint density at radius 1 is 1.38 bits per heavy atom. The fraction of sp³-hybridized carbons (Fsp3) is 0.375. The predicted molar refractivity (Wildman–Crippen MR) is 91.2 cm³/mol. The maximum Gasteiger partial charge on any atom is 0.270 e. The van der Waals surface area contributed by atoms with Gasteiger partial charge in [0.2, 0.25) is 0 Å². The number of fused-ring (bicyclic) bond motifs is 1. The molecule has 112 valence electrons. The molecule has 21 heavy (non-hydrogen) atoms. The average Bonchev–Trinajstić information content (AvgIpc) is 2.52. The number of carbonyl (C=O) groups excluding carboxylic acids is 1. The van der Waals surface area contributed by atoms with Gasteiger partial charge in [0.15, 0.2) is 0 Å². The van der Waals surface area contributed by atoms with Crippen molar-refractivity contribution in [2.24, 2.45) is 0 Å². The lowest BCUT2D eigenvalue weighted by molar-refractivity contribution is 0.0949. The van der Waals surface area contributed by atoms with E-state index in [9.17, 15) is 4.79 Å². The van der Waals surface area contributed by atoms with Gasteiger partial charge >= 0.3 is 0 Å². The van der Waals surface area contributed by atoms with Gasteiger partial charge in [0.25, 0.3) is 5.91 Å². The molecule has 0 aliphatic carbocycles. The van der Waals surface area contributed by atoms with Gasteiger partial charge in [-0.15, -0.1) is 0 Å². The highest BCUT2D eigenvalue weighted by atomic mass is 32.2. The molecule has 0 saturated heterocycles. The molecule has 0 radical (unpaired) electrons. The van der Waals surface area contributed by atoms with E-state index in [1.165, 1.54) is 0 Å². The lowest BCUT2D eigenvalue weighted by Crippen LogP contribution is -2.30. The highest BCUT2D eigenvalue weighted by Gasteiger charge is 2.12. The third kappa shape index (κ3) is 3.88. The highest BCUT2D eigenvalue weighted by Crippen LogP contribution is 2.23. The van der Waals surface area contributed by atoms with Crippen LogP contribution in [-0.2, 0) is 0 Å². The van der Waals surface area contributed by atoms with E-state index in [0.717, 1.165) is 23.1 Å². The minimum Gasteiger partial charge on any atom is -0.385 e. The van der Waals surface area contributed by atoms with Gasteiger partial charge < -0.3 is 10.6 Å². The Labute approximate surface area is 129 Å². The van der Waals surface area contributed by atoms with Gasteiger partial charge in [-0.05, 0) is 25.3 Å². The Bertz CT molecular complexity index is 630. The number of nitrogens with one attached hydrogen (secondary N) is 2. The number of hydrogen-bond acceptors (Lipinski definition) is 4. The summed E-state index contributed by atoms with van der Waals surface area (Å²) in [6.07, 6.45) is 2.04. The Morgan fingerprint density at radius 2 is 2.14 bits per heavy atom. The first kappa shape index (κ1) is 15.6. The van der Waals surface area contributed by atoms with Gasteiger partial charge in [-0.2, -0.15) is 11.8 Å². The van der Waals surface area contributed by atoms with Crippen molar-refractivity contribution in [1.29, 1.82) is 0 Å². The first-order chi connectivity index (χ1) is 10.2. The maximum absolute atomic E-state index is 12.3. The number of anilines is 1. The van der Waals surface area contributed by atoms with Crippen LogP contribution in [-0.4, -0.2) is 35.5 Å². The van der Waals surface area contributed by atoms with E-state index >= 15 is 0 Å². The molecule has 1 aromatic carbocycles. The zero-order chi connectivity index (χ0) is 15.2. The van der Waals surface area contributed by atoms with Crippen molar-refractivity contribution in [2.45, 2.75) is 19.1 Å². The topological polar surface area (TPSA) is 54.0 Å². The van der Waals surface area contributed by atoms with Crippen LogP contribution in [0.15, 0.2) is 30.3 Å². The molecule has 2 rings (SSSR count). The van der Waals surface area contributed by atoms with Gasteiger partial charge in [-0.25, -0.2) is 4.98 Å². The first-order valence-corrected chi connectivity index (χ1v) is 8.39. The Kier molecular flexibility index (Phi) is 5.44. The number of benzene rings is 1. The number of rotatable bonds is 6. The van der Waals surface area contributed by atoms with Crippen molar-refractivity contribution < 1.29 is 4.79 Å². The number of amides is 1. The molecular formula is C16H21N3OS. The highest BCUT2D eigenvalue weighted by molar-refractivity contribution is 7.99. The molecule has 0 aliphatic rings. The summed E-state index contributed by atoms with van der Waals surface area (Å²) in [6, 6.07) is 9.67. The molecule has 0 saturated carbocycles. The SMILES string of the molecule is CCNc1cc(C(=O)NCC(C)SC)nc2ccccc12. The number of aromatic nitrogens is 1. The van der Waals surface area contributed by atoms with Crippen molar-refractivity contribution >= 4 is 34.3 Å². The van der Waals surface area contributed by atoms with Crippen LogP contribution in [0.1, 0.15) is 24.3 Å². The van der Waals surface area contributed by atoms with E-state index in [1.54, 1.807) is 11.8 Å². The predicted octanol–water partition coefficient (Wildman–Crippen LogP) is 3.15. The van der Waals surface area contributed by atoms with Crippen LogP contribution >= 0.6 is 11.8 Å². The third-order valence-electron chi connectivity index (χ3n) is 3.27. The van der Waals surface area contributed by atoms with Gasteiger partial charge in [0, 0.05) is 29.4 Å². The van der Waals surface area contributed by atoms with Crippen LogP contribution in [0.2, 0.25) is 0 Å². The minimum atomic E-state index is -0.124. The first-order valence-electron chi connectivity index (χ1n) is 7.10. The van der Waals surface area contributed by atoms with Crippen molar-refractivity contribution in [2.75, 3.05) is 24.7 Å². The number of para-hydroxylation sites is 1. The minimum absolute atomic E-state index is 0.124. The summed E-state index contributed by atoms with van der Waals surface area (Å²) < 4.78 is 0. The summed E-state index contributed by atoms with van der Waals surface area (Å²) >= 11 is 1.73. The Hall–Kier alpha value is -1.75. The number of hydrogen-bond donors (Lipinski definition) is 2. The number of pyridine rings is 1. The monoisotopic (exact) mass is 303 g/mol. The number of thioether (sulfide) groups is 1. The normalized spacial score (nSPS) is 12.1. The molecule has 1 atom stereocenters. The summed E-state index contributed by atoms with van der Waals surface area (Å²) in [5.41, 5.74) is 2.24. The van der Waals surface area contributed by atoms with E-state index in [2.05, 4.69) is 22.5 Å². The van der Waals surface area contributed by atoms with Crippen LogP contribution in [0.25, 0.3) is 10.9 Å². The second-order valence-electron chi connectivity index (χ2n) is 4.86. The van der Waals surface area contributed by atoms with Crippen molar-refractivity contribution in [3.63, 3.8) is 0 Å². The van der Waals surface area contributed by atoms with E-state index in [1.807, 2.05) is 43.5 Å². The molecule has 2 aromatic rings. The zero-order valence-electron chi connectivity index (χ0n) is 12.6. The summed E-state index contributed by atoms with van der Waals surface area (Å²) in [5.74, 6) is -0.124. The molecule has 5 heteroatoms. The molecule has 0 spiro atoms. The van der Waals surface area contributed by atoms with Crippen molar-refractivity contribution in [1.82, 2.24) is 10.3 Å². The Balaban J connectivity index is 2.29. The zero-order valence-corrected chi connectivity index (χ0v) is 13.5. The Morgan fingerprint density at radius 3 is 2.86 bits per heavy atom. The van der Waals surface area contributed by atoms with Gasteiger partial charge in [0.05, 0.1) is 5.52 Å². The van der Waals surface area contributed by atoms with Gasteiger partial charge in [-0.1, -0.05) is 25.1 Å². The largest absolute Gasteiger partial charge is 0.385 e. The van der Waals surface area contributed by atoms with E-state index in [4.69, 9.17) is 0 Å². The van der Waals surface area contributed by atoms with Crippen LogP contribution in [0.3, 0.4) is 0 Å². The molecule has 1 aromatic heterocycles. The van der Waals surface area contributed by atoms with Crippen LogP contribution < -0.4 is 10.6 Å². The molecule has 4 nitrogen and oxygen atoms in total. The molecule has 2 N–H and O–H groups in total. The molecule has 1 heterocycles. The van der Waals surface area contributed by atoms with Crippen molar-refractivity contribution in [3.05, 3.63) is 36.0 Å². The molecule has 0 bridgehead atoms. The lowest BCUT2D eigenvalue weighted by atomic mass is 10.1. The second-order valence-corrected chi connectivity index (χ2v) is 6.14. The maximum atomic E-state index is 12.3. The van der Waals surface area contributed by atoms with E-state index < -0.39 is 0 Å². The summed E-state index contributed by atoms with van der Waals surface area (Å²) in [7, 11) is 0. The van der Waals surface area contributed by atoms with Gasteiger partial charge in [-0.3, -0.25) is 4.79 Å². The fourth-order valence-corrected chi connectivity index (χ4v) is 2.29. The molecule has 1 unspecified atom stereocenters. The smallest absolute Gasteiger partial charge is 0.270 e. The van der Waals surface area contributed by atoms with Crippen LogP contribution in [0.4, 0.5) is 5.69 Å². The molecule has 1 amide bonds. The molecule has 0 fully saturated rings. The average molecular weight is 303 g/mol. The third-order valence-corrected chi connectivity index (χ3v) is 4.24. The molecular weight excluding hydrogens is 282 g/mol. The number of nitrogens with zero attached hydrogens (tertiary/aromatic N) is 1. The van der Waals surface area contributed by atoms with Crippen molar-refractivity contribution in [3.8, 4) is 0 Å². The second kappa shape index (κ2) is 7.31. The fourth-order valence-electron chi connectivity index (χ4n) is 2.04.